The van der Waals surface area contributed by atoms with Crippen LogP contribution < -0.4 is 14.4 Å². The fraction of sp³-hybridized carbons (Fsp3) is 0.167. The number of rotatable bonds is 9. The smallest absolute Gasteiger partial charge is 0.301 e. The van der Waals surface area contributed by atoms with Crippen LogP contribution in [0.25, 0.3) is 5.76 Å². The van der Waals surface area contributed by atoms with Gasteiger partial charge in [0.25, 0.3) is 5.78 Å². The highest BCUT2D eigenvalue weighted by Gasteiger charge is 2.48. The van der Waals surface area contributed by atoms with Crippen molar-refractivity contribution in [1.82, 2.24) is 10.2 Å². The number of carbonyl (C=O) groups excluding carboxylic acids is 2. The van der Waals surface area contributed by atoms with Crippen molar-refractivity contribution < 1.29 is 24.2 Å². The Bertz CT molecular complexity index is 1940. The summed E-state index contributed by atoms with van der Waals surface area (Å²) < 4.78 is 12.6. The van der Waals surface area contributed by atoms with Gasteiger partial charge in [-0.05, 0) is 59.5 Å². The van der Waals surface area contributed by atoms with E-state index in [-0.39, 0.29) is 22.6 Å². The van der Waals surface area contributed by atoms with E-state index < -0.39 is 17.7 Å². The number of nitrogens with zero attached hydrogens (tertiary/aromatic N) is 3. The molecule has 230 valence electrons. The van der Waals surface area contributed by atoms with Crippen LogP contribution in [0.2, 0.25) is 0 Å². The third kappa shape index (κ3) is 6.01. The number of thioether (sulfide) groups is 1. The van der Waals surface area contributed by atoms with Crippen LogP contribution in [0, 0.1) is 0 Å². The number of aromatic nitrogens is 2. The number of hydrogen-bond acceptors (Lipinski definition) is 9. The summed E-state index contributed by atoms with van der Waals surface area (Å²) in [6, 6.07) is 31.4. The SMILES string of the molecule is CC1Cc2cc(/C(O)=C3\C(=O)C(=O)N(c4nnc(SCc5ccccc5)s4)C3c3cccc(OCc4ccccc4)c3)ccc2O1. The van der Waals surface area contributed by atoms with E-state index in [1.807, 2.05) is 91.9 Å². The van der Waals surface area contributed by atoms with Gasteiger partial charge in [-0.1, -0.05) is 95.9 Å². The Morgan fingerprint density at radius 2 is 1.72 bits per heavy atom. The van der Waals surface area contributed by atoms with Crippen LogP contribution in [-0.2, 0) is 28.4 Å². The molecule has 2 atom stereocenters. The van der Waals surface area contributed by atoms with E-state index in [1.54, 1.807) is 18.2 Å². The van der Waals surface area contributed by atoms with Gasteiger partial charge < -0.3 is 14.6 Å². The minimum atomic E-state index is -0.955. The summed E-state index contributed by atoms with van der Waals surface area (Å²) in [4.78, 5) is 28.9. The highest BCUT2D eigenvalue weighted by molar-refractivity contribution is 8.00. The summed E-state index contributed by atoms with van der Waals surface area (Å²) in [6.07, 6.45) is 0.700. The fourth-order valence-electron chi connectivity index (χ4n) is 5.66. The van der Waals surface area contributed by atoms with Gasteiger partial charge in [-0.2, -0.15) is 0 Å². The number of aliphatic hydroxyl groups excluding tert-OH is 1. The number of carbonyl (C=O) groups is 2. The van der Waals surface area contributed by atoms with Crippen LogP contribution >= 0.6 is 23.1 Å². The normalized spacial score (nSPS) is 18.4. The molecule has 3 heterocycles. The first-order valence-corrected chi connectivity index (χ1v) is 16.6. The minimum absolute atomic E-state index is 0.0166. The van der Waals surface area contributed by atoms with E-state index in [4.69, 9.17) is 9.47 Å². The van der Waals surface area contributed by atoms with Crippen molar-refractivity contribution in [3.05, 3.63) is 137 Å². The largest absolute Gasteiger partial charge is 0.507 e. The highest BCUT2D eigenvalue weighted by atomic mass is 32.2. The molecular formula is C36H29N3O5S2. The Balaban J connectivity index is 1.26. The van der Waals surface area contributed by atoms with Gasteiger partial charge in [0.15, 0.2) is 4.34 Å². The third-order valence-corrected chi connectivity index (χ3v) is 9.97. The summed E-state index contributed by atoms with van der Waals surface area (Å²) >= 11 is 2.74. The van der Waals surface area contributed by atoms with Gasteiger partial charge in [-0.25, -0.2) is 0 Å². The molecule has 0 spiro atoms. The monoisotopic (exact) mass is 647 g/mol. The molecule has 0 bridgehead atoms. The van der Waals surface area contributed by atoms with Crippen molar-refractivity contribution in [1.29, 1.82) is 0 Å². The van der Waals surface area contributed by atoms with Crippen LogP contribution in [0.5, 0.6) is 11.5 Å². The van der Waals surface area contributed by atoms with Gasteiger partial charge in [-0.3, -0.25) is 14.5 Å². The lowest BCUT2D eigenvalue weighted by Gasteiger charge is -2.23. The van der Waals surface area contributed by atoms with Gasteiger partial charge in [0.2, 0.25) is 5.13 Å². The molecular weight excluding hydrogens is 619 g/mol. The molecule has 8 nitrogen and oxygen atoms in total. The predicted molar refractivity (Wildman–Crippen MR) is 178 cm³/mol. The standard InChI is InChI=1S/C36H29N3O5S2/c1-22-17-27-18-26(15-16-29(27)44-22)32(40)30-31(25-13-8-14-28(19-25)43-20-23-9-4-2-5-10-23)39(34(42)33(30)41)35-37-38-36(46-35)45-21-24-11-6-3-7-12-24/h2-16,18-19,22,31,40H,17,20-21H2,1H3/b32-30+. The maximum atomic E-state index is 13.8. The maximum absolute atomic E-state index is 13.8. The van der Waals surface area contributed by atoms with Gasteiger partial charge in [-0.15, -0.1) is 10.2 Å². The molecule has 2 aliphatic heterocycles. The Morgan fingerprint density at radius 1 is 0.957 bits per heavy atom. The molecule has 1 N–H and O–H groups in total. The Hall–Kier alpha value is -4.93. The molecule has 1 saturated heterocycles. The zero-order valence-electron chi connectivity index (χ0n) is 24.8. The van der Waals surface area contributed by atoms with Crippen molar-refractivity contribution in [2.24, 2.45) is 0 Å². The second-order valence-corrected chi connectivity index (χ2v) is 13.3. The summed E-state index contributed by atoms with van der Waals surface area (Å²) in [5, 5.41) is 20.6. The molecule has 2 aliphatic rings. The van der Waals surface area contributed by atoms with E-state index in [2.05, 4.69) is 10.2 Å². The van der Waals surface area contributed by atoms with Crippen molar-refractivity contribution in [3.63, 3.8) is 0 Å². The van der Waals surface area contributed by atoms with Crippen LogP contribution in [-0.4, -0.2) is 33.1 Å². The number of amides is 1. The predicted octanol–water partition coefficient (Wildman–Crippen LogP) is 7.36. The maximum Gasteiger partial charge on any atom is 0.301 e. The zero-order valence-corrected chi connectivity index (χ0v) is 26.5. The van der Waals surface area contributed by atoms with Crippen LogP contribution in [0.3, 0.4) is 0 Å². The van der Waals surface area contributed by atoms with Crippen LogP contribution in [0.1, 0.15) is 40.8 Å². The first kappa shape index (κ1) is 29.8. The number of hydrogen-bond donors (Lipinski definition) is 1. The average molecular weight is 648 g/mol. The van der Waals surface area contributed by atoms with E-state index >= 15 is 0 Å². The fourth-order valence-corrected chi connectivity index (χ4v) is 7.49. The number of aliphatic hydroxyl groups is 1. The molecule has 0 aliphatic carbocycles. The van der Waals surface area contributed by atoms with E-state index in [0.29, 0.717) is 40.0 Å². The first-order valence-electron chi connectivity index (χ1n) is 14.8. The number of Topliss-reactive ketones (excluding diaryl/α,β-unsaturated/α-hetero) is 1. The van der Waals surface area contributed by atoms with Gasteiger partial charge in [0.1, 0.15) is 30.0 Å². The summed E-state index contributed by atoms with van der Waals surface area (Å²) in [5.41, 5.74) is 4.08. The molecule has 7 rings (SSSR count). The second kappa shape index (κ2) is 12.8. The molecule has 0 radical (unpaired) electrons. The summed E-state index contributed by atoms with van der Waals surface area (Å²) in [5.74, 6) is 0.157. The molecule has 1 fully saturated rings. The first-order chi connectivity index (χ1) is 22.4. The Morgan fingerprint density at radius 3 is 2.50 bits per heavy atom. The average Bonchev–Trinajstić information content (AvgIpc) is 3.78. The van der Waals surface area contributed by atoms with E-state index in [9.17, 15) is 14.7 Å². The lowest BCUT2D eigenvalue weighted by molar-refractivity contribution is -0.132. The minimum Gasteiger partial charge on any atom is -0.507 e. The number of ketones is 1. The lowest BCUT2D eigenvalue weighted by atomic mass is 9.94. The number of fused-ring (bicyclic) bond motifs is 1. The van der Waals surface area contributed by atoms with Crippen LogP contribution in [0.4, 0.5) is 5.13 Å². The van der Waals surface area contributed by atoms with Crippen molar-refractivity contribution in [2.45, 2.75) is 42.2 Å². The molecule has 4 aromatic carbocycles. The zero-order chi connectivity index (χ0) is 31.6. The molecule has 1 aromatic heterocycles. The van der Waals surface area contributed by atoms with Crippen molar-refractivity contribution in [3.8, 4) is 11.5 Å². The molecule has 2 unspecified atom stereocenters. The Kier molecular flexibility index (Phi) is 8.30. The topological polar surface area (TPSA) is 102 Å². The van der Waals surface area contributed by atoms with Crippen LogP contribution in [0.15, 0.2) is 113 Å². The van der Waals surface area contributed by atoms with Gasteiger partial charge in [0.05, 0.1) is 11.6 Å². The quantitative estimate of drug-likeness (QED) is 0.0582. The molecule has 5 aromatic rings. The molecule has 1 amide bonds. The second-order valence-electron chi connectivity index (χ2n) is 11.1. The third-order valence-electron chi connectivity index (χ3n) is 7.84. The van der Waals surface area contributed by atoms with Crippen molar-refractivity contribution in [2.75, 3.05) is 4.90 Å². The highest BCUT2D eigenvalue weighted by Crippen LogP contribution is 2.45. The number of benzene rings is 4. The van der Waals surface area contributed by atoms with Gasteiger partial charge in [0, 0.05) is 17.7 Å². The Labute approximate surface area is 274 Å². The number of ether oxygens (including phenoxy) is 2. The number of anilines is 1. The van der Waals surface area contributed by atoms with E-state index in [1.165, 1.54) is 28.0 Å². The molecule has 0 saturated carbocycles. The van der Waals surface area contributed by atoms with Gasteiger partial charge >= 0.3 is 5.91 Å². The van der Waals surface area contributed by atoms with E-state index in [0.717, 1.165) is 22.4 Å². The summed E-state index contributed by atoms with van der Waals surface area (Å²) in [6.45, 7) is 2.32. The molecule has 10 heteroatoms. The lowest BCUT2D eigenvalue weighted by Crippen LogP contribution is -2.29. The summed E-state index contributed by atoms with van der Waals surface area (Å²) in [7, 11) is 0. The van der Waals surface area contributed by atoms with Crippen molar-refractivity contribution >= 4 is 45.7 Å². The molecule has 46 heavy (non-hydrogen) atoms.